The molecule has 1 heterocycles. The van der Waals surface area contributed by atoms with Gasteiger partial charge in [-0.05, 0) is 33.2 Å². The fourth-order valence-corrected chi connectivity index (χ4v) is 3.56. The van der Waals surface area contributed by atoms with Gasteiger partial charge in [0.25, 0.3) is 0 Å². The normalized spacial score (nSPS) is 19.4. The number of nitrogens with zero attached hydrogens (tertiary/aromatic N) is 2. The van der Waals surface area contributed by atoms with E-state index in [2.05, 4.69) is 42.0 Å². The van der Waals surface area contributed by atoms with Gasteiger partial charge in [0, 0.05) is 38.0 Å². The van der Waals surface area contributed by atoms with Crippen molar-refractivity contribution in [1.29, 1.82) is 0 Å². The fourth-order valence-electron chi connectivity index (χ4n) is 3.56. The summed E-state index contributed by atoms with van der Waals surface area (Å²) in [6.07, 6.45) is 11.0. The van der Waals surface area contributed by atoms with Gasteiger partial charge in [0.05, 0.1) is 5.60 Å². The lowest BCUT2D eigenvalue weighted by molar-refractivity contribution is -0.0602. The Morgan fingerprint density at radius 3 is 2.75 bits per heavy atom. The Bertz CT molecular complexity index is 396. The van der Waals surface area contributed by atoms with Gasteiger partial charge in [0.15, 0.2) is 0 Å². The Morgan fingerprint density at radius 1 is 1.40 bits per heavy atom. The molecule has 0 bridgehead atoms. The quantitative estimate of drug-likeness (QED) is 0.795. The molecule has 4 nitrogen and oxygen atoms in total. The molecule has 0 aliphatic heterocycles. The largest absolute Gasteiger partial charge is 0.374 e. The molecule has 0 radical (unpaired) electrons. The standard InChI is InChI=1S/C16H29N3O/c1-4-11-19-12-10-18-15(19)13-14(17-3)16(20-5-2)8-6-7-9-16/h10,12,14,17H,4-9,11,13H2,1-3H3. The molecule has 114 valence electrons. The van der Waals surface area contributed by atoms with Gasteiger partial charge in [0.1, 0.15) is 5.82 Å². The second-order valence-corrected chi connectivity index (χ2v) is 5.79. The minimum absolute atomic E-state index is 0.00644. The zero-order chi connectivity index (χ0) is 14.4. The Morgan fingerprint density at radius 2 is 2.15 bits per heavy atom. The molecule has 1 aromatic heterocycles. The third kappa shape index (κ3) is 3.23. The van der Waals surface area contributed by atoms with E-state index >= 15 is 0 Å². The van der Waals surface area contributed by atoms with Crippen LogP contribution in [0, 0.1) is 0 Å². The maximum atomic E-state index is 6.19. The van der Waals surface area contributed by atoms with Crippen molar-refractivity contribution in [3.63, 3.8) is 0 Å². The number of aryl methyl sites for hydroxylation is 1. The highest BCUT2D eigenvalue weighted by Crippen LogP contribution is 2.37. The first-order chi connectivity index (χ1) is 9.75. The molecule has 0 spiro atoms. The van der Waals surface area contributed by atoms with Crippen LogP contribution in [-0.4, -0.2) is 34.8 Å². The Labute approximate surface area is 122 Å². The van der Waals surface area contributed by atoms with E-state index in [1.807, 2.05) is 6.20 Å². The van der Waals surface area contributed by atoms with Gasteiger partial charge in [-0.1, -0.05) is 19.8 Å². The van der Waals surface area contributed by atoms with E-state index in [1.165, 1.54) is 31.5 Å². The number of hydrogen-bond donors (Lipinski definition) is 1. The molecule has 4 heteroatoms. The summed E-state index contributed by atoms with van der Waals surface area (Å²) in [4.78, 5) is 4.55. The smallest absolute Gasteiger partial charge is 0.110 e. The predicted octanol–water partition coefficient (Wildman–Crippen LogP) is 2.77. The monoisotopic (exact) mass is 279 g/mol. The summed E-state index contributed by atoms with van der Waals surface area (Å²) in [5, 5.41) is 3.50. The number of likely N-dealkylation sites (N-methyl/N-ethyl adjacent to an activating group) is 1. The first-order valence-corrected chi connectivity index (χ1v) is 8.07. The van der Waals surface area contributed by atoms with E-state index in [0.29, 0.717) is 6.04 Å². The summed E-state index contributed by atoms with van der Waals surface area (Å²) in [7, 11) is 2.05. The van der Waals surface area contributed by atoms with Crippen molar-refractivity contribution in [2.75, 3.05) is 13.7 Å². The van der Waals surface area contributed by atoms with Gasteiger partial charge >= 0.3 is 0 Å². The SMILES string of the molecule is CCCn1ccnc1CC(NC)C1(OCC)CCCC1. The molecule has 0 aromatic carbocycles. The van der Waals surface area contributed by atoms with Crippen molar-refractivity contribution >= 4 is 0 Å². The first kappa shape index (κ1) is 15.5. The van der Waals surface area contributed by atoms with Gasteiger partial charge in [-0.15, -0.1) is 0 Å². The van der Waals surface area contributed by atoms with Crippen LogP contribution in [0.5, 0.6) is 0 Å². The van der Waals surface area contributed by atoms with E-state index in [9.17, 15) is 0 Å². The van der Waals surface area contributed by atoms with Crippen LogP contribution in [0.15, 0.2) is 12.4 Å². The average Bonchev–Trinajstić information content (AvgIpc) is 3.07. The molecule has 20 heavy (non-hydrogen) atoms. The van der Waals surface area contributed by atoms with Crippen LogP contribution in [0.1, 0.15) is 51.8 Å². The molecule has 1 aromatic rings. The lowest BCUT2D eigenvalue weighted by Crippen LogP contribution is -2.51. The van der Waals surface area contributed by atoms with Gasteiger partial charge < -0.3 is 14.6 Å². The number of rotatable bonds is 8. The van der Waals surface area contributed by atoms with E-state index in [0.717, 1.165) is 26.0 Å². The third-order valence-corrected chi connectivity index (χ3v) is 4.52. The highest BCUT2D eigenvalue weighted by molar-refractivity contribution is 5.04. The van der Waals surface area contributed by atoms with E-state index in [4.69, 9.17) is 4.74 Å². The topological polar surface area (TPSA) is 39.1 Å². The van der Waals surface area contributed by atoms with Crippen LogP contribution >= 0.6 is 0 Å². The Hall–Kier alpha value is -0.870. The summed E-state index contributed by atoms with van der Waals surface area (Å²) in [5.41, 5.74) is 0.00644. The predicted molar refractivity (Wildman–Crippen MR) is 81.9 cm³/mol. The zero-order valence-electron chi connectivity index (χ0n) is 13.2. The van der Waals surface area contributed by atoms with E-state index in [-0.39, 0.29) is 5.60 Å². The molecule has 0 amide bonds. The van der Waals surface area contributed by atoms with Crippen molar-refractivity contribution in [3.05, 3.63) is 18.2 Å². The molecule has 1 saturated carbocycles. The highest BCUT2D eigenvalue weighted by Gasteiger charge is 2.41. The van der Waals surface area contributed by atoms with Crippen LogP contribution in [0.4, 0.5) is 0 Å². The minimum atomic E-state index is 0.00644. The van der Waals surface area contributed by atoms with Crippen LogP contribution in [-0.2, 0) is 17.7 Å². The van der Waals surface area contributed by atoms with Gasteiger partial charge in [-0.25, -0.2) is 4.98 Å². The molecule has 2 rings (SSSR count). The molecule has 1 aliphatic rings. The van der Waals surface area contributed by atoms with E-state index < -0.39 is 0 Å². The average molecular weight is 279 g/mol. The van der Waals surface area contributed by atoms with Crippen LogP contribution in [0.25, 0.3) is 0 Å². The molecule has 1 aliphatic carbocycles. The third-order valence-electron chi connectivity index (χ3n) is 4.52. The molecule has 0 saturated heterocycles. The number of imidazole rings is 1. The molecular weight excluding hydrogens is 250 g/mol. The summed E-state index contributed by atoms with van der Waals surface area (Å²) in [5.74, 6) is 1.18. The van der Waals surface area contributed by atoms with Gasteiger partial charge in [0.2, 0.25) is 0 Å². The molecule has 1 atom stereocenters. The summed E-state index contributed by atoms with van der Waals surface area (Å²) < 4.78 is 8.47. The van der Waals surface area contributed by atoms with Crippen LogP contribution < -0.4 is 5.32 Å². The van der Waals surface area contributed by atoms with E-state index in [1.54, 1.807) is 0 Å². The van der Waals surface area contributed by atoms with Crippen LogP contribution in [0.3, 0.4) is 0 Å². The maximum absolute atomic E-state index is 6.19. The summed E-state index contributed by atoms with van der Waals surface area (Å²) in [6, 6.07) is 0.350. The molecular formula is C16H29N3O. The van der Waals surface area contributed by atoms with Gasteiger partial charge in [-0.3, -0.25) is 0 Å². The van der Waals surface area contributed by atoms with Crippen LogP contribution in [0.2, 0.25) is 0 Å². The highest BCUT2D eigenvalue weighted by atomic mass is 16.5. The number of hydrogen-bond acceptors (Lipinski definition) is 3. The van der Waals surface area contributed by atoms with Crippen molar-refractivity contribution < 1.29 is 4.74 Å². The Balaban J connectivity index is 2.12. The zero-order valence-corrected chi connectivity index (χ0v) is 13.2. The van der Waals surface area contributed by atoms with Crippen molar-refractivity contribution in [2.24, 2.45) is 0 Å². The van der Waals surface area contributed by atoms with Gasteiger partial charge in [-0.2, -0.15) is 0 Å². The summed E-state index contributed by atoms with van der Waals surface area (Å²) >= 11 is 0. The van der Waals surface area contributed by atoms with Crippen molar-refractivity contribution in [3.8, 4) is 0 Å². The molecule has 1 N–H and O–H groups in total. The minimum Gasteiger partial charge on any atom is -0.374 e. The first-order valence-electron chi connectivity index (χ1n) is 8.07. The van der Waals surface area contributed by atoms with Crippen molar-refractivity contribution in [2.45, 2.75) is 70.6 Å². The second kappa shape index (κ2) is 7.23. The number of ether oxygens (including phenoxy) is 1. The lowest BCUT2D eigenvalue weighted by Gasteiger charge is -2.37. The number of aromatic nitrogens is 2. The fraction of sp³-hybridized carbons (Fsp3) is 0.812. The molecule has 1 unspecified atom stereocenters. The maximum Gasteiger partial charge on any atom is 0.110 e. The lowest BCUT2D eigenvalue weighted by atomic mass is 9.89. The van der Waals surface area contributed by atoms with Crippen molar-refractivity contribution in [1.82, 2.24) is 14.9 Å². The second-order valence-electron chi connectivity index (χ2n) is 5.79. The Kier molecular flexibility index (Phi) is 5.61. The summed E-state index contributed by atoms with van der Waals surface area (Å²) in [6.45, 7) is 6.15. The number of nitrogens with one attached hydrogen (secondary N) is 1. The molecule has 1 fully saturated rings.